The lowest BCUT2D eigenvalue weighted by Crippen LogP contribution is -2.09. The third-order valence-electron chi connectivity index (χ3n) is 2.45. The third kappa shape index (κ3) is 3.69. The molecule has 21 heavy (non-hydrogen) atoms. The molecule has 5 nitrogen and oxygen atoms in total. The maximum atomic E-state index is 13.6. The van der Waals surface area contributed by atoms with E-state index in [0.717, 1.165) is 0 Å². The molecule has 1 aromatic carbocycles. The van der Waals surface area contributed by atoms with Crippen molar-refractivity contribution in [2.75, 3.05) is 12.9 Å². The molecular weight excluding hydrogens is 295 g/mol. The van der Waals surface area contributed by atoms with Crippen LogP contribution in [0.15, 0.2) is 35.6 Å². The number of carbonyl (C=O) groups is 1. The quantitative estimate of drug-likeness (QED) is 0.480. The molecule has 0 amide bonds. The maximum absolute atomic E-state index is 13.6. The van der Waals surface area contributed by atoms with Gasteiger partial charge in [-0.15, -0.1) is 0 Å². The van der Waals surface area contributed by atoms with Crippen LogP contribution in [0.4, 0.5) is 4.39 Å². The highest BCUT2D eigenvalue weighted by Gasteiger charge is 2.19. The van der Waals surface area contributed by atoms with Gasteiger partial charge in [-0.25, -0.2) is 14.2 Å². The summed E-state index contributed by atoms with van der Waals surface area (Å²) in [6, 6.07) is 5.88. The van der Waals surface area contributed by atoms with E-state index >= 15 is 0 Å². The van der Waals surface area contributed by atoms with Gasteiger partial charge in [0, 0.05) is 6.20 Å². The lowest BCUT2D eigenvalue weighted by Gasteiger charge is -2.10. The Morgan fingerprint density at radius 3 is 2.81 bits per heavy atom. The maximum Gasteiger partial charge on any atom is 0.345 e. The predicted molar refractivity (Wildman–Crippen MR) is 76.2 cm³/mol. The minimum absolute atomic E-state index is 0.0196. The summed E-state index contributed by atoms with van der Waals surface area (Å²) in [5.41, 5.74) is 0.0536. The fraction of sp³-hybridized carbons (Fsp3) is 0.214. The van der Waals surface area contributed by atoms with Crippen LogP contribution < -0.4 is 4.74 Å². The zero-order chi connectivity index (χ0) is 15.2. The number of thioether (sulfide) groups is 1. The number of para-hydroxylation sites is 1. The van der Waals surface area contributed by atoms with E-state index in [9.17, 15) is 9.18 Å². The summed E-state index contributed by atoms with van der Waals surface area (Å²) >= 11 is 1.28. The molecule has 7 heteroatoms. The summed E-state index contributed by atoms with van der Waals surface area (Å²) in [6.07, 6.45) is 3.10. The topological polar surface area (TPSA) is 61.3 Å². The molecule has 0 unspecified atom stereocenters. The van der Waals surface area contributed by atoms with Crippen LogP contribution in [0.25, 0.3) is 0 Å². The molecule has 0 saturated carbocycles. The van der Waals surface area contributed by atoms with Crippen LogP contribution in [0, 0.1) is 5.82 Å². The van der Waals surface area contributed by atoms with E-state index in [4.69, 9.17) is 9.47 Å². The number of hydrogen-bond donors (Lipinski definition) is 0. The number of carbonyl (C=O) groups excluding carboxylic acids is 1. The van der Waals surface area contributed by atoms with Gasteiger partial charge >= 0.3 is 5.97 Å². The Labute approximate surface area is 125 Å². The van der Waals surface area contributed by atoms with Gasteiger partial charge in [-0.3, -0.25) is 0 Å². The van der Waals surface area contributed by atoms with Gasteiger partial charge < -0.3 is 9.47 Å². The summed E-state index contributed by atoms with van der Waals surface area (Å²) in [5, 5.41) is 0.411. The van der Waals surface area contributed by atoms with Crippen LogP contribution in [0.5, 0.6) is 11.6 Å². The predicted octanol–water partition coefficient (Wildman–Crippen LogP) is 3.31. The Morgan fingerprint density at radius 1 is 1.38 bits per heavy atom. The fourth-order valence-electron chi connectivity index (χ4n) is 1.51. The Kier molecular flexibility index (Phi) is 5.10. The van der Waals surface area contributed by atoms with Crippen molar-refractivity contribution in [3.8, 4) is 11.6 Å². The van der Waals surface area contributed by atoms with Crippen molar-refractivity contribution < 1.29 is 18.7 Å². The number of nitrogens with zero attached hydrogens (tertiary/aromatic N) is 2. The largest absolute Gasteiger partial charge is 0.462 e. The Balaban J connectivity index is 2.39. The number of hydrogen-bond acceptors (Lipinski definition) is 6. The first kappa shape index (κ1) is 15.2. The van der Waals surface area contributed by atoms with Crippen molar-refractivity contribution in [3.63, 3.8) is 0 Å². The van der Waals surface area contributed by atoms with Crippen molar-refractivity contribution >= 4 is 17.7 Å². The molecule has 0 bridgehead atoms. The Morgan fingerprint density at radius 2 is 2.14 bits per heavy atom. The van der Waals surface area contributed by atoms with Gasteiger partial charge in [0.25, 0.3) is 0 Å². The number of benzene rings is 1. The minimum Gasteiger partial charge on any atom is -0.462 e. The normalized spacial score (nSPS) is 10.2. The van der Waals surface area contributed by atoms with Crippen molar-refractivity contribution in [1.29, 1.82) is 0 Å². The summed E-state index contributed by atoms with van der Waals surface area (Å²) in [6.45, 7) is 1.90. The first-order valence-corrected chi connectivity index (χ1v) is 7.38. The number of aromatic nitrogens is 2. The van der Waals surface area contributed by atoms with Crippen LogP contribution in [-0.4, -0.2) is 28.8 Å². The summed E-state index contributed by atoms with van der Waals surface area (Å²) in [4.78, 5) is 20.0. The molecule has 0 aliphatic rings. The highest BCUT2D eigenvalue weighted by Crippen LogP contribution is 2.27. The van der Waals surface area contributed by atoms with Gasteiger partial charge in [-0.05, 0) is 25.3 Å². The molecule has 2 rings (SSSR count). The smallest absolute Gasteiger partial charge is 0.345 e. The fourth-order valence-corrected chi connectivity index (χ4v) is 1.84. The van der Waals surface area contributed by atoms with Gasteiger partial charge in [0.2, 0.25) is 5.88 Å². The summed E-state index contributed by atoms with van der Waals surface area (Å²) in [7, 11) is 0. The molecule has 0 N–H and O–H groups in total. The van der Waals surface area contributed by atoms with Crippen LogP contribution >= 0.6 is 11.8 Å². The van der Waals surface area contributed by atoms with Crippen molar-refractivity contribution in [1.82, 2.24) is 9.97 Å². The molecule has 0 saturated heterocycles. The zero-order valence-electron chi connectivity index (χ0n) is 11.5. The van der Waals surface area contributed by atoms with Crippen molar-refractivity contribution in [3.05, 3.63) is 41.8 Å². The number of halogens is 1. The second-order valence-electron chi connectivity index (χ2n) is 3.83. The summed E-state index contributed by atoms with van der Waals surface area (Å²) < 4.78 is 24.0. The Bertz CT molecular complexity index is 652. The van der Waals surface area contributed by atoms with Crippen LogP contribution in [-0.2, 0) is 4.74 Å². The highest BCUT2D eigenvalue weighted by molar-refractivity contribution is 7.98. The van der Waals surface area contributed by atoms with Gasteiger partial charge in [0.1, 0.15) is 5.56 Å². The van der Waals surface area contributed by atoms with Crippen molar-refractivity contribution in [2.45, 2.75) is 12.1 Å². The number of rotatable bonds is 5. The molecule has 0 atom stereocenters. The van der Waals surface area contributed by atoms with E-state index in [1.165, 1.54) is 30.1 Å². The molecule has 0 fully saturated rings. The van der Waals surface area contributed by atoms with Gasteiger partial charge in [0.15, 0.2) is 16.7 Å². The molecule has 1 heterocycles. The average Bonchev–Trinajstić information content (AvgIpc) is 2.49. The van der Waals surface area contributed by atoms with Crippen LogP contribution in [0.1, 0.15) is 17.3 Å². The first-order chi connectivity index (χ1) is 10.2. The standard InChI is InChI=1S/C14H13FN2O3S/c1-3-19-13(18)9-8-16-14(21-2)17-12(9)20-11-7-5-4-6-10(11)15/h4-8H,3H2,1-2H3. The SMILES string of the molecule is CCOC(=O)c1cnc(SC)nc1Oc1ccccc1F. The molecule has 110 valence electrons. The lowest BCUT2D eigenvalue weighted by atomic mass is 10.3. The Hall–Kier alpha value is -2.15. The van der Waals surface area contributed by atoms with E-state index < -0.39 is 11.8 Å². The highest BCUT2D eigenvalue weighted by atomic mass is 32.2. The van der Waals surface area contributed by atoms with E-state index in [1.807, 2.05) is 0 Å². The van der Waals surface area contributed by atoms with Crippen LogP contribution in [0.2, 0.25) is 0 Å². The second kappa shape index (κ2) is 7.03. The van der Waals surface area contributed by atoms with E-state index in [1.54, 1.807) is 25.3 Å². The lowest BCUT2D eigenvalue weighted by molar-refractivity contribution is 0.0521. The first-order valence-electron chi connectivity index (χ1n) is 6.16. The molecular formula is C14H13FN2O3S. The average molecular weight is 308 g/mol. The molecule has 1 aromatic heterocycles. The van der Waals surface area contributed by atoms with E-state index in [2.05, 4.69) is 9.97 Å². The van der Waals surface area contributed by atoms with E-state index in [-0.39, 0.29) is 23.8 Å². The van der Waals surface area contributed by atoms with Gasteiger partial charge in [-0.1, -0.05) is 23.9 Å². The summed E-state index contributed by atoms with van der Waals surface area (Å²) in [5.74, 6) is -1.21. The molecule has 0 aliphatic carbocycles. The molecule has 0 aliphatic heterocycles. The number of esters is 1. The van der Waals surface area contributed by atoms with Crippen molar-refractivity contribution in [2.24, 2.45) is 0 Å². The second-order valence-corrected chi connectivity index (χ2v) is 4.60. The molecule has 0 radical (unpaired) electrons. The zero-order valence-corrected chi connectivity index (χ0v) is 12.3. The van der Waals surface area contributed by atoms with E-state index in [0.29, 0.717) is 5.16 Å². The molecule has 2 aromatic rings. The van der Waals surface area contributed by atoms with Gasteiger partial charge in [0.05, 0.1) is 6.61 Å². The monoisotopic (exact) mass is 308 g/mol. The minimum atomic E-state index is -0.614. The van der Waals surface area contributed by atoms with Gasteiger partial charge in [-0.2, -0.15) is 4.98 Å². The number of ether oxygens (including phenoxy) is 2. The van der Waals surface area contributed by atoms with Crippen LogP contribution in [0.3, 0.4) is 0 Å². The molecule has 0 spiro atoms. The third-order valence-corrected chi connectivity index (χ3v) is 3.01.